The van der Waals surface area contributed by atoms with Crippen LogP contribution in [0.2, 0.25) is 0 Å². The van der Waals surface area contributed by atoms with Gasteiger partial charge < -0.3 is 24.2 Å². The molecular weight excluding hydrogens is 449 g/mol. The molecule has 1 atom stereocenters. The molecule has 148 valence electrons. The summed E-state index contributed by atoms with van der Waals surface area (Å²) in [5, 5.41) is 7.08. The van der Waals surface area contributed by atoms with E-state index in [9.17, 15) is 0 Å². The van der Waals surface area contributed by atoms with Gasteiger partial charge in [0.05, 0.1) is 25.4 Å². The van der Waals surface area contributed by atoms with Gasteiger partial charge in [-0.05, 0) is 39.0 Å². The van der Waals surface area contributed by atoms with Crippen LogP contribution in [0.15, 0.2) is 9.52 Å². The maximum Gasteiger partial charge on any atom is 0.246 e. The highest BCUT2D eigenvalue weighted by atomic mass is 127. The lowest BCUT2D eigenvalue weighted by Gasteiger charge is -2.34. The third-order valence-electron chi connectivity index (χ3n) is 4.71. The molecule has 3 rings (SSSR count). The number of hydrogen-bond acceptors (Lipinski definition) is 6. The maximum atomic E-state index is 6.07. The quantitative estimate of drug-likeness (QED) is 0.394. The summed E-state index contributed by atoms with van der Waals surface area (Å²) in [7, 11) is 1.80. The van der Waals surface area contributed by atoms with E-state index in [1.165, 1.54) is 12.8 Å². The van der Waals surface area contributed by atoms with Crippen molar-refractivity contribution in [3.8, 4) is 0 Å². The van der Waals surface area contributed by atoms with Crippen LogP contribution in [-0.2, 0) is 16.0 Å². The minimum Gasteiger partial charge on any atom is -0.376 e. The Morgan fingerprint density at radius 3 is 2.73 bits per heavy atom. The van der Waals surface area contributed by atoms with E-state index in [0.29, 0.717) is 30.5 Å². The normalized spacial score (nSPS) is 22.2. The van der Waals surface area contributed by atoms with Crippen LogP contribution in [0.25, 0.3) is 0 Å². The molecule has 0 aliphatic carbocycles. The zero-order chi connectivity index (χ0) is 17.5. The third-order valence-corrected chi connectivity index (χ3v) is 4.71. The summed E-state index contributed by atoms with van der Waals surface area (Å²) < 4.78 is 16.9. The van der Waals surface area contributed by atoms with Gasteiger partial charge in [-0.1, -0.05) is 5.16 Å². The highest BCUT2D eigenvalue weighted by Gasteiger charge is 2.24. The Balaban J connectivity index is 0.00000243. The lowest BCUT2D eigenvalue weighted by atomic mass is 10.1. The topological polar surface area (TPSA) is 85.0 Å². The van der Waals surface area contributed by atoms with E-state index >= 15 is 0 Å². The Labute approximate surface area is 172 Å². The number of halogens is 1. The largest absolute Gasteiger partial charge is 0.376 e. The molecule has 2 fully saturated rings. The average Bonchev–Trinajstić information content (AvgIpc) is 3.07. The molecule has 0 radical (unpaired) electrons. The lowest BCUT2D eigenvalue weighted by Crippen LogP contribution is -2.47. The van der Waals surface area contributed by atoms with Crippen molar-refractivity contribution >= 4 is 29.9 Å². The number of aryl methyl sites for hydroxylation is 1. The van der Waals surface area contributed by atoms with E-state index in [-0.39, 0.29) is 24.0 Å². The Bertz CT molecular complexity index is 554. The van der Waals surface area contributed by atoms with Crippen LogP contribution in [0, 0.1) is 6.92 Å². The van der Waals surface area contributed by atoms with Gasteiger partial charge in [-0.25, -0.2) is 0 Å². The molecule has 2 aliphatic rings. The van der Waals surface area contributed by atoms with Gasteiger partial charge in [-0.15, -0.1) is 24.0 Å². The van der Waals surface area contributed by atoms with Gasteiger partial charge in [0.25, 0.3) is 0 Å². The second-order valence-electron chi connectivity index (χ2n) is 6.64. The molecule has 0 spiro atoms. The Kier molecular flexibility index (Phi) is 9.06. The number of nitrogens with one attached hydrogen (secondary N) is 1. The van der Waals surface area contributed by atoms with Crippen LogP contribution in [0.5, 0.6) is 0 Å². The van der Waals surface area contributed by atoms with Gasteiger partial charge in [0.15, 0.2) is 11.8 Å². The second-order valence-corrected chi connectivity index (χ2v) is 6.64. The van der Waals surface area contributed by atoms with Crippen LogP contribution in [0.3, 0.4) is 0 Å². The van der Waals surface area contributed by atoms with Crippen molar-refractivity contribution in [2.45, 2.75) is 57.8 Å². The summed E-state index contributed by atoms with van der Waals surface area (Å²) in [5.41, 5.74) is 0. The fourth-order valence-corrected chi connectivity index (χ4v) is 3.32. The Morgan fingerprint density at radius 2 is 2.12 bits per heavy atom. The van der Waals surface area contributed by atoms with E-state index in [2.05, 4.69) is 25.3 Å². The molecule has 1 aromatic heterocycles. The predicted molar refractivity (Wildman–Crippen MR) is 109 cm³/mol. The zero-order valence-electron chi connectivity index (χ0n) is 15.6. The van der Waals surface area contributed by atoms with Crippen LogP contribution in [0.1, 0.15) is 43.8 Å². The first-order valence-electron chi connectivity index (χ1n) is 9.22. The van der Waals surface area contributed by atoms with Gasteiger partial charge >= 0.3 is 0 Å². The summed E-state index contributed by atoms with van der Waals surface area (Å²) in [6, 6.07) is 0. The van der Waals surface area contributed by atoms with Gasteiger partial charge in [0, 0.05) is 26.7 Å². The van der Waals surface area contributed by atoms with Gasteiger partial charge in [0.2, 0.25) is 5.89 Å². The van der Waals surface area contributed by atoms with Crippen molar-refractivity contribution in [1.29, 1.82) is 0 Å². The van der Waals surface area contributed by atoms with Crippen molar-refractivity contribution in [3.05, 3.63) is 11.7 Å². The van der Waals surface area contributed by atoms with Crippen molar-refractivity contribution in [3.63, 3.8) is 0 Å². The van der Waals surface area contributed by atoms with E-state index < -0.39 is 0 Å². The molecule has 2 saturated heterocycles. The van der Waals surface area contributed by atoms with E-state index in [4.69, 9.17) is 14.0 Å². The Hall–Kier alpha value is -0.940. The second kappa shape index (κ2) is 11.0. The zero-order valence-corrected chi connectivity index (χ0v) is 18.0. The number of aliphatic imine (C=N–C) groups is 1. The number of piperidine rings is 1. The predicted octanol–water partition coefficient (Wildman–Crippen LogP) is 2.12. The van der Waals surface area contributed by atoms with Gasteiger partial charge in [0.1, 0.15) is 0 Å². The minimum atomic E-state index is 0. The number of likely N-dealkylation sites (tertiary alicyclic amines) is 1. The summed E-state index contributed by atoms with van der Waals surface area (Å²) in [6.07, 6.45) is 6.20. The summed E-state index contributed by atoms with van der Waals surface area (Å²) in [5.74, 6) is 2.08. The van der Waals surface area contributed by atoms with Gasteiger partial charge in [-0.2, -0.15) is 4.98 Å². The first-order chi connectivity index (χ1) is 12.2. The smallest absolute Gasteiger partial charge is 0.246 e. The standard InChI is InChI=1S/C17H29N5O3.HI/c1-13-20-16(25-21-13)11-19-17(18-2)22-8-6-14(7-9-22)24-12-15-5-3-4-10-23-15;/h14-15H,3-12H2,1-2H3,(H,18,19);1H. The van der Waals surface area contributed by atoms with Crippen molar-refractivity contribution in [2.75, 3.05) is 33.4 Å². The molecule has 9 heteroatoms. The van der Waals surface area contributed by atoms with Crippen molar-refractivity contribution in [2.24, 2.45) is 4.99 Å². The fraction of sp³-hybridized carbons (Fsp3) is 0.824. The highest BCUT2D eigenvalue weighted by molar-refractivity contribution is 14.0. The average molecular weight is 479 g/mol. The monoisotopic (exact) mass is 479 g/mol. The molecule has 1 N–H and O–H groups in total. The fourth-order valence-electron chi connectivity index (χ4n) is 3.32. The minimum absolute atomic E-state index is 0. The number of guanidine groups is 1. The molecule has 0 saturated carbocycles. The molecule has 0 amide bonds. The van der Waals surface area contributed by atoms with Crippen molar-refractivity contribution < 1.29 is 14.0 Å². The number of aromatic nitrogens is 2. The molecule has 1 aromatic rings. The molecule has 2 aliphatic heterocycles. The summed E-state index contributed by atoms with van der Waals surface area (Å²) in [6.45, 7) is 5.77. The number of ether oxygens (including phenoxy) is 2. The number of nitrogens with zero attached hydrogens (tertiary/aromatic N) is 4. The first kappa shape index (κ1) is 21.4. The Morgan fingerprint density at radius 1 is 1.31 bits per heavy atom. The van der Waals surface area contributed by atoms with Gasteiger partial charge in [-0.3, -0.25) is 4.99 Å². The van der Waals surface area contributed by atoms with Crippen LogP contribution >= 0.6 is 24.0 Å². The molecule has 3 heterocycles. The lowest BCUT2D eigenvalue weighted by molar-refractivity contribution is -0.0721. The molecule has 1 unspecified atom stereocenters. The van der Waals surface area contributed by atoms with Crippen molar-refractivity contribution in [1.82, 2.24) is 20.4 Å². The van der Waals surface area contributed by atoms with E-state index in [1.807, 2.05) is 6.92 Å². The third kappa shape index (κ3) is 6.34. The molecular formula is C17H30IN5O3. The molecule has 26 heavy (non-hydrogen) atoms. The van der Waals surface area contributed by atoms with Crippen LogP contribution < -0.4 is 5.32 Å². The summed E-state index contributed by atoms with van der Waals surface area (Å²) in [4.78, 5) is 10.8. The molecule has 0 aromatic carbocycles. The summed E-state index contributed by atoms with van der Waals surface area (Å²) >= 11 is 0. The van der Waals surface area contributed by atoms with E-state index in [0.717, 1.165) is 51.5 Å². The number of hydrogen-bond donors (Lipinski definition) is 1. The highest BCUT2D eigenvalue weighted by Crippen LogP contribution is 2.18. The SMILES string of the molecule is CN=C(NCc1nc(C)no1)N1CCC(OCC2CCCCO2)CC1.I. The van der Waals surface area contributed by atoms with Crippen LogP contribution in [0.4, 0.5) is 0 Å². The number of rotatable bonds is 5. The first-order valence-corrected chi connectivity index (χ1v) is 9.22. The van der Waals surface area contributed by atoms with Crippen LogP contribution in [-0.4, -0.2) is 66.6 Å². The maximum absolute atomic E-state index is 6.07. The van der Waals surface area contributed by atoms with E-state index in [1.54, 1.807) is 7.05 Å². The molecule has 0 bridgehead atoms. The molecule has 8 nitrogen and oxygen atoms in total.